The molecule has 1 aromatic heterocycles. The summed E-state index contributed by atoms with van der Waals surface area (Å²) in [5, 5.41) is 2.03. The molecule has 0 unspecified atom stereocenters. The van der Waals surface area contributed by atoms with Crippen LogP contribution in [0.25, 0.3) is 0 Å². The predicted molar refractivity (Wildman–Crippen MR) is 80.9 cm³/mol. The van der Waals surface area contributed by atoms with Crippen molar-refractivity contribution in [3.05, 3.63) is 35.0 Å². The van der Waals surface area contributed by atoms with Gasteiger partial charge < -0.3 is 10.6 Å². The molecule has 0 aliphatic heterocycles. The third kappa shape index (κ3) is 5.71. The van der Waals surface area contributed by atoms with Crippen LogP contribution in [0.15, 0.2) is 30.2 Å². The molecule has 1 amide bonds. The maximum atomic E-state index is 12.1. The molecule has 0 radical (unpaired) electrons. The van der Waals surface area contributed by atoms with Gasteiger partial charge in [-0.15, -0.1) is 17.9 Å². The minimum Gasteiger partial charge on any atom is -0.333 e. The van der Waals surface area contributed by atoms with E-state index in [9.17, 15) is 4.79 Å². The van der Waals surface area contributed by atoms with Crippen molar-refractivity contribution < 1.29 is 4.79 Å². The fraction of sp³-hybridized carbons (Fsp3) is 0.462. The quantitative estimate of drug-likeness (QED) is 0.559. The van der Waals surface area contributed by atoms with E-state index in [-0.39, 0.29) is 5.91 Å². The summed E-state index contributed by atoms with van der Waals surface area (Å²) in [6, 6.07) is 4.06. The van der Waals surface area contributed by atoms with Gasteiger partial charge >= 0.3 is 0 Å². The lowest BCUT2D eigenvalue weighted by Gasteiger charge is -2.20. The Bertz CT molecular complexity index is 352. The van der Waals surface area contributed by atoms with Crippen molar-refractivity contribution in [1.29, 1.82) is 0 Å². The van der Waals surface area contributed by atoms with E-state index in [0.717, 1.165) is 12.2 Å². The molecule has 1 heterocycles. The lowest BCUT2D eigenvalue weighted by atomic mass is 10.4. The number of rotatable bonds is 9. The van der Waals surface area contributed by atoms with Crippen molar-refractivity contribution in [2.24, 2.45) is 5.73 Å². The van der Waals surface area contributed by atoms with Crippen LogP contribution >= 0.6 is 23.1 Å². The van der Waals surface area contributed by atoms with Crippen LogP contribution in [-0.4, -0.2) is 35.4 Å². The number of amides is 1. The first-order chi connectivity index (χ1) is 8.77. The van der Waals surface area contributed by atoms with Gasteiger partial charge in [-0.2, -0.15) is 11.8 Å². The smallest absolute Gasteiger partial charge is 0.233 e. The topological polar surface area (TPSA) is 46.3 Å². The Hall–Kier alpha value is -0.780. The summed E-state index contributed by atoms with van der Waals surface area (Å²) < 4.78 is 0. The fourth-order valence-corrected chi connectivity index (χ4v) is 3.03. The number of nitrogens with two attached hydrogens (primary N) is 1. The molecule has 0 aliphatic carbocycles. The molecule has 1 rings (SSSR count). The van der Waals surface area contributed by atoms with E-state index in [4.69, 9.17) is 5.73 Å². The summed E-state index contributed by atoms with van der Waals surface area (Å²) in [6.07, 6.45) is 2.74. The third-order valence-electron chi connectivity index (χ3n) is 2.35. The maximum absolute atomic E-state index is 12.1. The molecule has 0 atom stereocenters. The van der Waals surface area contributed by atoms with E-state index in [1.807, 2.05) is 16.3 Å². The van der Waals surface area contributed by atoms with Crippen LogP contribution in [0.3, 0.4) is 0 Å². The van der Waals surface area contributed by atoms with Gasteiger partial charge in [0.05, 0.1) is 12.3 Å². The SMILES string of the molecule is C=CCN(Cc1cccs1)C(=O)CSCCCN. The van der Waals surface area contributed by atoms with Crippen LogP contribution < -0.4 is 5.73 Å². The summed E-state index contributed by atoms with van der Waals surface area (Å²) in [4.78, 5) is 15.1. The summed E-state index contributed by atoms with van der Waals surface area (Å²) in [7, 11) is 0. The van der Waals surface area contributed by atoms with Gasteiger partial charge in [-0.05, 0) is 30.2 Å². The maximum Gasteiger partial charge on any atom is 0.233 e. The molecule has 3 nitrogen and oxygen atoms in total. The molecule has 2 N–H and O–H groups in total. The van der Waals surface area contributed by atoms with E-state index in [0.29, 0.717) is 25.4 Å². The number of thioether (sulfide) groups is 1. The first-order valence-electron chi connectivity index (χ1n) is 5.96. The zero-order valence-corrected chi connectivity index (χ0v) is 12.1. The van der Waals surface area contributed by atoms with Crippen LogP contribution in [0.5, 0.6) is 0 Å². The second-order valence-electron chi connectivity index (χ2n) is 3.84. The van der Waals surface area contributed by atoms with Crippen LogP contribution in [0, 0.1) is 0 Å². The average Bonchev–Trinajstić information content (AvgIpc) is 2.87. The summed E-state index contributed by atoms with van der Waals surface area (Å²) in [5.41, 5.74) is 5.42. The second kappa shape index (κ2) is 9.19. The Labute approximate surface area is 117 Å². The molecular weight excluding hydrogens is 264 g/mol. The molecule has 1 aromatic rings. The van der Waals surface area contributed by atoms with Gasteiger partial charge in [0.1, 0.15) is 0 Å². The van der Waals surface area contributed by atoms with Gasteiger partial charge in [0, 0.05) is 11.4 Å². The van der Waals surface area contributed by atoms with Crippen LogP contribution in [0.1, 0.15) is 11.3 Å². The van der Waals surface area contributed by atoms with Crippen molar-refractivity contribution in [3.63, 3.8) is 0 Å². The molecule has 0 spiro atoms. The molecule has 100 valence electrons. The standard InChI is InChI=1S/C13H20N2OS2/c1-2-7-15(10-12-5-3-9-18-12)13(16)11-17-8-4-6-14/h2-3,5,9H,1,4,6-8,10-11,14H2. The largest absolute Gasteiger partial charge is 0.333 e. The molecule has 0 aromatic carbocycles. The van der Waals surface area contributed by atoms with Gasteiger partial charge in [0.15, 0.2) is 0 Å². The molecule has 0 saturated heterocycles. The molecule has 0 bridgehead atoms. The zero-order valence-electron chi connectivity index (χ0n) is 10.5. The monoisotopic (exact) mass is 284 g/mol. The number of carbonyl (C=O) groups is 1. The zero-order chi connectivity index (χ0) is 13.2. The fourth-order valence-electron chi connectivity index (χ4n) is 1.44. The van der Waals surface area contributed by atoms with Gasteiger partial charge in [0.2, 0.25) is 5.91 Å². The third-order valence-corrected chi connectivity index (χ3v) is 4.24. The lowest BCUT2D eigenvalue weighted by Crippen LogP contribution is -2.32. The number of thiophene rings is 1. The predicted octanol–water partition coefficient (Wildman–Crippen LogP) is 2.34. The number of hydrogen-bond acceptors (Lipinski definition) is 4. The summed E-state index contributed by atoms with van der Waals surface area (Å²) in [6.45, 7) is 5.68. The molecule has 0 aliphatic rings. The lowest BCUT2D eigenvalue weighted by molar-refractivity contribution is -0.128. The minimum atomic E-state index is 0.172. The normalized spacial score (nSPS) is 10.3. The average molecular weight is 284 g/mol. The van der Waals surface area contributed by atoms with Crippen molar-refractivity contribution in [3.8, 4) is 0 Å². The molecule has 5 heteroatoms. The van der Waals surface area contributed by atoms with Crippen molar-refractivity contribution >= 4 is 29.0 Å². The second-order valence-corrected chi connectivity index (χ2v) is 5.97. The van der Waals surface area contributed by atoms with E-state index in [1.165, 1.54) is 4.88 Å². The molecule has 0 fully saturated rings. The first kappa shape index (κ1) is 15.3. The first-order valence-corrected chi connectivity index (χ1v) is 8.00. The van der Waals surface area contributed by atoms with Crippen LogP contribution in [0.4, 0.5) is 0 Å². The van der Waals surface area contributed by atoms with Crippen molar-refractivity contribution in [2.75, 3.05) is 24.6 Å². The van der Waals surface area contributed by atoms with Crippen LogP contribution in [0.2, 0.25) is 0 Å². The number of hydrogen-bond donors (Lipinski definition) is 1. The van der Waals surface area contributed by atoms with Crippen molar-refractivity contribution in [2.45, 2.75) is 13.0 Å². The Balaban J connectivity index is 2.40. The highest BCUT2D eigenvalue weighted by Gasteiger charge is 2.12. The summed E-state index contributed by atoms with van der Waals surface area (Å²) >= 11 is 3.33. The Morgan fingerprint density at radius 3 is 3.06 bits per heavy atom. The Morgan fingerprint density at radius 1 is 1.61 bits per heavy atom. The number of nitrogens with zero attached hydrogens (tertiary/aromatic N) is 1. The van der Waals surface area contributed by atoms with Gasteiger partial charge in [-0.1, -0.05) is 12.1 Å². The van der Waals surface area contributed by atoms with Crippen LogP contribution in [-0.2, 0) is 11.3 Å². The van der Waals surface area contributed by atoms with E-state index in [2.05, 4.69) is 12.6 Å². The summed E-state index contributed by atoms with van der Waals surface area (Å²) in [5.74, 6) is 1.65. The highest BCUT2D eigenvalue weighted by atomic mass is 32.2. The number of carbonyl (C=O) groups excluding carboxylic acids is 1. The highest BCUT2D eigenvalue weighted by molar-refractivity contribution is 7.99. The molecule has 0 saturated carbocycles. The molecular formula is C13H20N2OS2. The van der Waals surface area contributed by atoms with Crippen molar-refractivity contribution in [1.82, 2.24) is 4.90 Å². The van der Waals surface area contributed by atoms with Gasteiger partial charge in [0.25, 0.3) is 0 Å². The van der Waals surface area contributed by atoms with Gasteiger partial charge in [-0.3, -0.25) is 4.79 Å². The Morgan fingerprint density at radius 2 is 2.44 bits per heavy atom. The van der Waals surface area contributed by atoms with E-state index < -0.39 is 0 Å². The minimum absolute atomic E-state index is 0.172. The van der Waals surface area contributed by atoms with Gasteiger partial charge in [-0.25, -0.2) is 0 Å². The van der Waals surface area contributed by atoms with E-state index in [1.54, 1.807) is 29.2 Å². The van der Waals surface area contributed by atoms with E-state index >= 15 is 0 Å². The Kier molecular flexibility index (Phi) is 7.80. The highest BCUT2D eigenvalue weighted by Crippen LogP contribution is 2.13. The molecule has 18 heavy (non-hydrogen) atoms.